The summed E-state index contributed by atoms with van der Waals surface area (Å²) in [6, 6.07) is 0. The summed E-state index contributed by atoms with van der Waals surface area (Å²) in [5.41, 5.74) is -0.00243. The molecule has 3 unspecified atom stereocenters. The third kappa shape index (κ3) is 2.63. The second-order valence-electron chi connectivity index (χ2n) is 10.1. The number of carbonyl (C=O) groups excluding carboxylic acids is 2. The number of fused-ring (bicyclic) bond motifs is 2. The van der Waals surface area contributed by atoms with Crippen LogP contribution in [0.5, 0.6) is 0 Å². The Morgan fingerprint density at radius 3 is 2.77 bits per heavy atom. The van der Waals surface area contributed by atoms with E-state index >= 15 is 0 Å². The van der Waals surface area contributed by atoms with Crippen molar-refractivity contribution < 1.29 is 33.3 Å². The molecular weight excluding hydrogens is 400 g/mol. The molecule has 7 nitrogen and oxygen atoms in total. The van der Waals surface area contributed by atoms with Crippen molar-refractivity contribution >= 4 is 11.9 Å². The van der Waals surface area contributed by atoms with E-state index in [4.69, 9.17) is 23.7 Å². The van der Waals surface area contributed by atoms with Crippen LogP contribution in [0, 0.1) is 34.5 Å². The van der Waals surface area contributed by atoms with Crippen LogP contribution in [0.15, 0.2) is 11.6 Å². The van der Waals surface area contributed by atoms with Gasteiger partial charge < -0.3 is 23.7 Å². The fourth-order valence-electron chi connectivity index (χ4n) is 8.22. The molecule has 5 aliphatic rings. The highest BCUT2D eigenvalue weighted by atomic mass is 16.7. The van der Waals surface area contributed by atoms with Gasteiger partial charge in [-0.2, -0.15) is 0 Å². The van der Waals surface area contributed by atoms with Crippen molar-refractivity contribution in [1.82, 2.24) is 0 Å². The van der Waals surface area contributed by atoms with Gasteiger partial charge in [0.2, 0.25) is 5.79 Å². The van der Waals surface area contributed by atoms with Crippen LogP contribution in [0.2, 0.25) is 0 Å². The van der Waals surface area contributed by atoms with Crippen LogP contribution in [0.1, 0.15) is 52.4 Å². The van der Waals surface area contributed by atoms with Gasteiger partial charge in [-0.05, 0) is 56.3 Å². The van der Waals surface area contributed by atoms with Crippen LogP contribution in [0.3, 0.4) is 0 Å². The van der Waals surface area contributed by atoms with Gasteiger partial charge in [0.15, 0.2) is 6.29 Å². The van der Waals surface area contributed by atoms with Crippen LogP contribution >= 0.6 is 0 Å². The van der Waals surface area contributed by atoms with Crippen molar-refractivity contribution in [3.8, 4) is 0 Å². The van der Waals surface area contributed by atoms with Crippen LogP contribution in [-0.2, 0) is 33.3 Å². The topological polar surface area (TPSA) is 80.3 Å². The summed E-state index contributed by atoms with van der Waals surface area (Å²) in [4.78, 5) is 25.4. The lowest BCUT2D eigenvalue weighted by atomic mass is 9.40. The maximum Gasteiger partial charge on any atom is 0.333 e. The highest BCUT2D eigenvalue weighted by Crippen LogP contribution is 2.70. The fraction of sp³-hybridized carbons (Fsp3) is 0.833. The standard InChI is InChI=1S/C24H34O7/c1-5-29-21-23-10-6-9-22(13-30-21,20(26)27-3)18(23)8-7-15-14(2)16-11-19(25)31-24(16,28-4)12-17(15)23/h11,14-15,17-18,21H,5-10,12-13H2,1-4H3/t14-,15+,17+,18+,21?,22?,23?,24-/m1/s1. The maximum absolute atomic E-state index is 13.1. The molecule has 2 aliphatic heterocycles. The van der Waals surface area contributed by atoms with Gasteiger partial charge in [0.05, 0.1) is 19.1 Å². The largest absolute Gasteiger partial charge is 0.469 e. The molecule has 3 aliphatic carbocycles. The zero-order valence-electron chi connectivity index (χ0n) is 19.0. The highest BCUT2D eigenvalue weighted by molar-refractivity contribution is 5.86. The second kappa shape index (κ2) is 7.29. The van der Waals surface area contributed by atoms with Gasteiger partial charge >= 0.3 is 11.9 Å². The Bertz CT molecular complexity index is 808. The first-order valence-corrected chi connectivity index (χ1v) is 11.7. The van der Waals surface area contributed by atoms with E-state index in [-0.39, 0.29) is 41.4 Å². The number of hydrogen-bond acceptors (Lipinski definition) is 7. The van der Waals surface area contributed by atoms with Crippen molar-refractivity contribution in [2.24, 2.45) is 34.5 Å². The van der Waals surface area contributed by atoms with Gasteiger partial charge in [-0.3, -0.25) is 4.79 Å². The summed E-state index contributed by atoms with van der Waals surface area (Å²) < 4.78 is 29.6. The lowest BCUT2D eigenvalue weighted by molar-refractivity contribution is -0.342. The number of carbonyl (C=O) groups is 2. The molecule has 31 heavy (non-hydrogen) atoms. The normalized spacial score (nSPS) is 48.1. The molecule has 0 N–H and O–H groups in total. The summed E-state index contributed by atoms with van der Waals surface area (Å²) in [7, 11) is 3.10. The summed E-state index contributed by atoms with van der Waals surface area (Å²) >= 11 is 0. The zero-order valence-corrected chi connectivity index (χ0v) is 19.0. The van der Waals surface area contributed by atoms with Crippen LogP contribution in [0.25, 0.3) is 0 Å². The van der Waals surface area contributed by atoms with Crippen molar-refractivity contribution in [3.05, 3.63) is 11.6 Å². The molecule has 0 aromatic carbocycles. The first kappa shape index (κ1) is 21.4. The van der Waals surface area contributed by atoms with Gasteiger partial charge in [0.1, 0.15) is 0 Å². The molecule has 1 saturated heterocycles. The lowest BCUT2D eigenvalue weighted by Gasteiger charge is -2.67. The van der Waals surface area contributed by atoms with E-state index in [0.29, 0.717) is 25.6 Å². The average molecular weight is 435 g/mol. The quantitative estimate of drug-likeness (QED) is 0.629. The number of methoxy groups -OCH3 is 2. The number of ether oxygens (including phenoxy) is 5. The van der Waals surface area contributed by atoms with Gasteiger partial charge in [-0.25, -0.2) is 4.79 Å². The molecule has 5 rings (SSSR count). The summed E-state index contributed by atoms with van der Waals surface area (Å²) in [5.74, 6) is -0.716. The molecule has 0 aromatic rings. The van der Waals surface area contributed by atoms with Crippen molar-refractivity contribution in [2.75, 3.05) is 27.4 Å². The molecule has 172 valence electrons. The van der Waals surface area contributed by atoms with Crippen molar-refractivity contribution in [1.29, 1.82) is 0 Å². The Kier molecular flexibility index (Phi) is 5.03. The monoisotopic (exact) mass is 434 g/mol. The van der Waals surface area contributed by atoms with Gasteiger partial charge in [-0.1, -0.05) is 13.3 Å². The Hall–Kier alpha value is -1.44. The Balaban J connectivity index is 1.63. The van der Waals surface area contributed by atoms with E-state index in [1.54, 1.807) is 13.2 Å². The first-order chi connectivity index (χ1) is 14.9. The van der Waals surface area contributed by atoms with Gasteiger partial charge in [0.25, 0.3) is 0 Å². The molecule has 4 fully saturated rings. The molecule has 7 heteroatoms. The number of rotatable bonds is 4. The summed E-state index contributed by atoms with van der Waals surface area (Å²) in [6.07, 6.45) is 6.42. The molecule has 2 bridgehead atoms. The van der Waals surface area contributed by atoms with Crippen molar-refractivity contribution in [2.45, 2.75) is 64.4 Å². The van der Waals surface area contributed by atoms with E-state index in [2.05, 4.69) is 6.92 Å². The van der Waals surface area contributed by atoms with E-state index in [1.165, 1.54) is 7.11 Å². The third-order valence-corrected chi connectivity index (χ3v) is 9.32. The van der Waals surface area contributed by atoms with E-state index in [0.717, 1.165) is 37.7 Å². The molecule has 0 amide bonds. The van der Waals surface area contributed by atoms with Gasteiger partial charge in [-0.15, -0.1) is 0 Å². The molecule has 2 heterocycles. The van der Waals surface area contributed by atoms with Gasteiger partial charge in [0, 0.05) is 37.2 Å². The predicted molar refractivity (Wildman–Crippen MR) is 109 cm³/mol. The molecule has 8 atom stereocenters. The maximum atomic E-state index is 13.1. The minimum atomic E-state index is -1.02. The molecule has 0 radical (unpaired) electrons. The molecule has 0 spiro atoms. The van der Waals surface area contributed by atoms with E-state index in [9.17, 15) is 9.59 Å². The molecule has 3 saturated carbocycles. The summed E-state index contributed by atoms with van der Waals surface area (Å²) in [5, 5.41) is 0. The lowest BCUT2D eigenvalue weighted by Crippen LogP contribution is -2.70. The Morgan fingerprint density at radius 1 is 1.26 bits per heavy atom. The number of esters is 2. The molecule has 0 aromatic heterocycles. The predicted octanol–water partition coefficient (Wildman–Crippen LogP) is 3.22. The van der Waals surface area contributed by atoms with E-state index < -0.39 is 11.2 Å². The SMILES string of the molecule is CCOC1OCC2(C(=O)OC)CCCC13[C@H]1C[C@@]4(OC)OC(=O)C=C4[C@H](C)[C@@H]1CC[C@@H]23. The second-order valence-corrected chi connectivity index (χ2v) is 10.1. The minimum Gasteiger partial charge on any atom is -0.469 e. The minimum absolute atomic E-state index is 0.122. The van der Waals surface area contributed by atoms with Crippen molar-refractivity contribution in [3.63, 3.8) is 0 Å². The first-order valence-electron chi connectivity index (χ1n) is 11.7. The zero-order chi connectivity index (χ0) is 22.0. The fourth-order valence-corrected chi connectivity index (χ4v) is 8.22. The smallest absolute Gasteiger partial charge is 0.333 e. The van der Waals surface area contributed by atoms with E-state index in [1.807, 2.05) is 6.92 Å². The van der Waals surface area contributed by atoms with Crippen LogP contribution in [0.4, 0.5) is 0 Å². The van der Waals surface area contributed by atoms with Crippen LogP contribution in [-0.4, -0.2) is 51.4 Å². The average Bonchev–Trinajstić information content (AvgIpc) is 3.12. The highest BCUT2D eigenvalue weighted by Gasteiger charge is 2.72. The number of hydrogen-bond donors (Lipinski definition) is 0. The molecular formula is C24H34O7. The summed E-state index contributed by atoms with van der Waals surface area (Å²) in [6.45, 7) is 5.07. The Morgan fingerprint density at radius 2 is 2.06 bits per heavy atom. The van der Waals surface area contributed by atoms with Crippen LogP contribution < -0.4 is 0 Å². The third-order valence-electron chi connectivity index (χ3n) is 9.32. The Labute approximate surface area is 183 Å².